The van der Waals surface area contributed by atoms with Gasteiger partial charge in [0.05, 0.1) is 29.9 Å². The molecule has 182 valence electrons. The third-order valence-corrected chi connectivity index (χ3v) is 6.72. The van der Waals surface area contributed by atoms with Crippen LogP contribution in [0.3, 0.4) is 0 Å². The van der Waals surface area contributed by atoms with Crippen LogP contribution in [0.15, 0.2) is 29.2 Å². The molecule has 12 heteroatoms. The number of ether oxygens (including phenoxy) is 1. The molecule has 0 unspecified atom stereocenters. The van der Waals surface area contributed by atoms with Gasteiger partial charge in [-0.05, 0) is 30.5 Å². The Morgan fingerprint density at radius 2 is 1.97 bits per heavy atom. The molecule has 0 bridgehead atoms. The molecule has 0 radical (unpaired) electrons. The maximum Gasteiger partial charge on any atom is 0.407 e. The van der Waals surface area contributed by atoms with Crippen molar-refractivity contribution in [3.8, 4) is 0 Å². The molecule has 0 spiro atoms. The van der Waals surface area contributed by atoms with E-state index < -0.39 is 17.5 Å². The van der Waals surface area contributed by atoms with E-state index >= 15 is 0 Å². The van der Waals surface area contributed by atoms with Crippen LogP contribution >= 0.6 is 23.2 Å². The van der Waals surface area contributed by atoms with Crippen molar-refractivity contribution < 1.29 is 18.7 Å². The lowest BCUT2D eigenvalue weighted by atomic mass is 10.0. The number of hydrogen-bond acceptors (Lipinski definition) is 6. The van der Waals surface area contributed by atoms with E-state index in [9.17, 15) is 18.8 Å². The van der Waals surface area contributed by atoms with Gasteiger partial charge in [-0.25, -0.2) is 14.3 Å². The summed E-state index contributed by atoms with van der Waals surface area (Å²) in [7, 11) is 0. The number of aromatic nitrogens is 2. The summed E-state index contributed by atoms with van der Waals surface area (Å²) in [6, 6.07) is 4.25. The second-order valence-corrected chi connectivity index (χ2v) is 9.17. The SMILES string of the molecule is O=C(NC1CCN(C(=O)Cc2ccc(Cl)c(F)c2)CC1)O[C@@H]1CCN(c2cn[nH]c(=O)c2Cl)C1. The largest absolute Gasteiger partial charge is 0.444 e. The molecule has 2 fully saturated rings. The van der Waals surface area contributed by atoms with E-state index in [1.807, 2.05) is 4.90 Å². The van der Waals surface area contributed by atoms with Crippen LogP contribution in [0.25, 0.3) is 0 Å². The highest BCUT2D eigenvalue weighted by molar-refractivity contribution is 6.33. The van der Waals surface area contributed by atoms with Crippen LogP contribution in [-0.4, -0.2) is 65.4 Å². The third kappa shape index (κ3) is 5.79. The Morgan fingerprint density at radius 1 is 1.21 bits per heavy atom. The number of nitrogens with zero attached hydrogens (tertiary/aromatic N) is 3. The average Bonchev–Trinajstić information content (AvgIpc) is 3.26. The molecular weight excluding hydrogens is 488 g/mol. The van der Waals surface area contributed by atoms with E-state index in [4.69, 9.17) is 27.9 Å². The van der Waals surface area contributed by atoms with Crippen LogP contribution in [-0.2, 0) is 16.0 Å². The van der Waals surface area contributed by atoms with Crippen LogP contribution in [0.2, 0.25) is 10.0 Å². The Kier molecular flexibility index (Phi) is 7.57. The fourth-order valence-corrected chi connectivity index (χ4v) is 4.53. The minimum Gasteiger partial charge on any atom is -0.444 e. The van der Waals surface area contributed by atoms with Gasteiger partial charge in [-0.3, -0.25) is 9.59 Å². The lowest BCUT2D eigenvalue weighted by Gasteiger charge is -2.32. The second-order valence-electron chi connectivity index (χ2n) is 8.38. The molecule has 3 heterocycles. The Bertz CT molecular complexity index is 1120. The van der Waals surface area contributed by atoms with Crippen molar-refractivity contribution in [3.05, 3.63) is 56.2 Å². The Hall–Kier alpha value is -2.85. The highest BCUT2D eigenvalue weighted by atomic mass is 35.5. The zero-order chi connectivity index (χ0) is 24.2. The number of carbonyl (C=O) groups is 2. The Balaban J connectivity index is 1.20. The topological polar surface area (TPSA) is 108 Å². The minimum absolute atomic E-state index is 0.0244. The summed E-state index contributed by atoms with van der Waals surface area (Å²) in [6.07, 6.45) is 2.53. The number of aromatic amines is 1. The molecule has 2 aliphatic heterocycles. The van der Waals surface area contributed by atoms with Crippen LogP contribution in [0.5, 0.6) is 0 Å². The summed E-state index contributed by atoms with van der Waals surface area (Å²) >= 11 is 11.7. The number of alkyl carbamates (subject to hydrolysis) is 1. The molecule has 1 aromatic carbocycles. The Labute approximate surface area is 205 Å². The van der Waals surface area contributed by atoms with Crippen LogP contribution < -0.4 is 15.8 Å². The highest BCUT2D eigenvalue weighted by Crippen LogP contribution is 2.26. The molecule has 34 heavy (non-hydrogen) atoms. The maximum atomic E-state index is 13.6. The standard InChI is InChI=1S/C22H24Cl2FN5O4/c23-16-2-1-13(9-17(16)25)10-19(31)29-6-3-14(4-7-29)27-22(33)34-15-5-8-30(12-15)18-11-26-28-21(32)20(18)24/h1-2,9,11,14-15H,3-8,10,12H2,(H,27,33)(H,28,32)/t15-/m1/s1. The van der Waals surface area contributed by atoms with Gasteiger partial charge < -0.3 is 19.9 Å². The molecule has 9 nitrogen and oxygen atoms in total. The summed E-state index contributed by atoms with van der Waals surface area (Å²) in [5, 5.41) is 8.99. The van der Waals surface area contributed by atoms with Crippen molar-refractivity contribution in [3.63, 3.8) is 0 Å². The van der Waals surface area contributed by atoms with Gasteiger partial charge in [-0.15, -0.1) is 0 Å². The van der Waals surface area contributed by atoms with E-state index in [2.05, 4.69) is 15.5 Å². The van der Waals surface area contributed by atoms with E-state index in [1.54, 1.807) is 11.0 Å². The van der Waals surface area contributed by atoms with E-state index in [-0.39, 0.29) is 34.5 Å². The van der Waals surface area contributed by atoms with Crippen molar-refractivity contribution in [2.75, 3.05) is 31.1 Å². The van der Waals surface area contributed by atoms with E-state index in [0.717, 1.165) is 0 Å². The molecule has 2 aromatic rings. The number of piperidine rings is 1. The van der Waals surface area contributed by atoms with Crippen molar-refractivity contribution >= 4 is 40.9 Å². The second kappa shape index (κ2) is 10.6. The summed E-state index contributed by atoms with van der Waals surface area (Å²) < 4.78 is 19.1. The molecular formula is C22H24Cl2FN5O4. The minimum atomic E-state index is -0.545. The van der Waals surface area contributed by atoms with Crippen LogP contribution in [0, 0.1) is 5.82 Å². The molecule has 1 aromatic heterocycles. The number of likely N-dealkylation sites (tertiary alicyclic amines) is 1. The van der Waals surface area contributed by atoms with Gasteiger partial charge in [0.2, 0.25) is 5.91 Å². The number of carbonyl (C=O) groups excluding carboxylic acids is 2. The van der Waals surface area contributed by atoms with E-state index in [1.165, 1.54) is 18.3 Å². The van der Waals surface area contributed by atoms with Gasteiger partial charge in [0.15, 0.2) is 0 Å². The van der Waals surface area contributed by atoms with Gasteiger partial charge in [-0.2, -0.15) is 5.10 Å². The van der Waals surface area contributed by atoms with Gasteiger partial charge in [-0.1, -0.05) is 29.3 Å². The molecule has 2 saturated heterocycles. The number of benzene rings is 1. The Morgan fingerprint density at radius 3 is 2.71 bits per heavy atom. The first-order chi connectivity index (χ1) is 16.3. The molecule has 0 aliphatic carbocycles. The zero-order valence-corrected chi connectivity index (χ0v) is 19.7. The maximum absolute atomic E-state index is 13.6. The normalized spacial score (nSPS) is 18.7. The molecule has 4 rings (SSSR count). The first-order valence-electron chi connectivity index (χ1n) is 11.0. The molecule has 2 aliphatic rings. The van der Waals surface area contributed by atoms with Gasteiger partial charge in [0.1, 0.15) is 16.9 Å². The average molecular weight is 512 g/mol. The molecule has 2 amide bonds. The van der Waals surface area contributed by atoms with Gasteiger partial charge >= 0.3 is 6.09 Å². The number of halogens is 3. The number of H-pyrrole nitrogens is 1. The summed E-state index contributed by atoms with van der Waals surface area (Å²) in [5.74, 6) is -0.641. The van der Waals surface area contributed by atoms with Crippen molar-refractivity contribution in [2.45, 2.75) is 37.8 Å². The van der Waals surface area contributed by atoms with Gasteiger partial charge in [0, 0.05) is 32.1 Å². The number of anilines is 1. The molecule has 2 N–H and O–H groups in total. The summed E-state index contributed by atoms with van der Waals surface area (Å²) in [4.78, 5) is 40.1. The number of hydrogen-bond donors (Lipinski definition) is 2. The zero-order valence-electron chi connectivity index (χ0n) is 18.2. The van der Waals surface area contributed by atoms with Crippen molar-refractivity contribution in [1.82, 2.24) is 20.4 Å². The quantitative estimate of drug-likeness (QED) is 0.638. The number of rotatable bonds is 5. The van der Waals surface area contributed by atoms with Crippen molar-refractivity contribution in [1.29, 1.82) is 0 Å². The predicted molar refractivity (Wildman–Crippen MR) is 125 cm³/mol. The summed E-state index contributed by atoms with van der Waals surface area (Å²) in [5.41, 5.74) is 0.611. The lowest BCUT2D eigenvalue weighted by molar-refractivity contribution is -0.131. The number of nitrogens with one attached hydrogen (secondary N) is 2. The predicted octanol–water partition coefficient (Wildman–Crippen LogP) is 2.75. The first-order valence-corrected chi connectivity index (χ1v) is 11.7. The third-order valence-electron chi connectivity index (χ3n) is 6.05. The monoisotopic (exact) mass is 511 g/mol. The smallest absolute Gasteiger partial charge is 0.407 e. The summed E-state index contributed by atoms with van der Waals surface area (Å²) in [6.45, 7) is 1.98. The van der Waals surface area contributed by atoms with Gasteiger partial charge in [0.25, 0.3) is 5.56 Å². The number of amides is 2. The molecule has 1 atom stereocenters. The fraction of sp³-hybridized carbons (Fsp3) is 0.455. The molecule has 0 saturated carbocycles. The van der Waals surface area contributed by atoms with E-state index in [0.29, 0.717) is 56.7 Å². The van der Waals surface area contributed by atoms with Crippen LogP contribution in [0.1, 0.15) is 24.8 Å². The van der Waals surface area contributed by atoms with Crippen molar-refractivity contribution in [2.24, 2.45) is 0 Å². The lowest BCUT2D eigenvalue weighted by Crippen LogP contribution is -2.47. The van der Waals surface area contributed by atoms with Crippen LogP contribution in [0.4, 0.5) is 14.9 Å². The fourth-order valence-electron chi connectivity index (χ4n) is 4.20. The highest BCUT2D eigenvalue weighted by Gasteiger charge is 2.29. The first kappa shape index (κ1) is 24.3.